The van der Waals surface area contributed by atoms with Crippen LogP contribution in [0.4, 0.5) is 0 Å². The third-order valence-corrected chi connectivity index (χ3v) is 8.93. The fraction of sp³-hybridized carbons (Fsp3) is 0.683. The molecule has 0 saturated carbocycles. The van der Waals surface area contributed by atoms with Gasteiger partial charge in [0.2, 0.25) is 0 Å². The largest absolute Gasteiger partial charge is 0.423 e. The Morgan fingerprint density at radius 2 is 0.977 bits per heavy atom. The highest BCUT2D eigenvalue weighted by Gasteiger charge is 2.11. The maximum Gasteiger partial charge on any atom is 0.343 e. The smallest absolute Gasteiger partial charge is 0.343 e. The zero-order chi connectivity index (χ0) is 31.5. The van der Waals surface area contributed by atoms with Gasteiger partial charge in [0.1, 0.15) is 5.75 Å². The van der Waals surface area contributed by atoms with Crippen LogP contribution >= 0.6 is 0 Å². The molecule has 0 aliphatic carbocycles. The maximum atomic E-state index is 12.6. The van der Waals surface area contributed by atoms with Crippen LogP contribution in [0.25, 0.3) is 0 Å². The van der Waals surface area contributed by atoms with Gasteiger partial charge in [0, 0.05) is 6.61 Å². The molecule has 0 aromatic heterocycles. The number of hydrogen-bond acceptors (Lipinski definition) is 3. The molecule has 0 bridgehead atoms. The quantitative estimate of drug-likeness (QED) is 0.0549. The zero-order valence-corrected chi connectivity index (χ0v) is 28.9. The Balaban J connectivity index is 1.48. The van der Waals surface area contributed by atoms with Crippen LogP contribution in [-0.4, -0.2) is 12.6 Å². The molecule has 248 valence electrons. The number of carbonyl (C=O) groups is 1. The summed E-state index contributed by atoms with van der Waals surface area (Å²) in [5, 5.41) is 0. The number of ether oxygens (including phenoxy) is 2. The minimum atomic E-state index is -0.309. The van der Waals surface area contributed by atoms with Gasteiger partial charge in [-0.3, -0.25) is 0 Å². The molecule has 0 N–H and O–H groups in total. The average molecular weight is 607 g/mol. The van der Waals surface area contributed by atoms with Gasteiger partial charge in [-0.25, -0.2) is 4.79 Å². The number of carbonyl (C=O) groups excluding carboxylic acids is 1. The van der Waals surface area contributed by atoms with Gasteiger partial charge in [-0.1, -0.05) is 167 Å². The molecular formula is C41H66O3. The lowest BCUT2D eigenvalue weighted by molar-refractivity contribution is 0.0627. The van der Waals surface area contributed by atoms with Crippen molar-refractivity contribution in [2.24, 2.45) is 0 Å². The summed E-state index contributed by atoms with van der Waals surface area (Å²) in [6.45, 7) is 7.43. The summed E-state index contributed by atoms with van der Waals surface area (Å²) in [6, 6.07) is 15.6. The van der Waals surface area contributed by atoms with Crippen molar-refractivity contribution in [3.05, 3.63) is 65.2 Å². The number of esters is 1. The molecule has 0 aliphatic rings. The van der Waals surface area contributed by atoms with Crippen molar-refractivity contribution in [2.75, 3.05) is 6.61 Å². The van der Waals surface area contributed by atoms with Crippen molar-refractivity contribution < 1.29 is 14.3 Å². The molecule has 44 heavy (non-hydrogen) atoms. The molecule has 0 aliphatic heterocycles. The number of hydrogen-bond donors (Lipinski definition) is 0. The third-order valence-electron chi connectivity index (χ3n) is 8.93. The van der Waals surface area contributed by atoms with Crippen LogP contribution in [0.1, 0.15) is 190 Å². The van der Waals surface area contributed by atoms with Gasteiger partial charge in [-0.05, 0) is 61.6 Å². The highest BCUT2D eigenvalue weighted by Crippen LogP contribution is 2.22. The number of unbranched alkanes of at least 4 members (excludes halogenated alkanes) is 20. The van der Waals surface area contributed by atoms with Crippen molar-refractivity contribution >= 4 is 5.97 Å². The van der Waals surface area contributed by atoms with E-state index < -0.39 is 0 Å². The summed E-state index contributed by atoms with van der Waals surface area (Å²) >= 11 is 0. The van der Waals surface area contributed by atoms with Crippen LogP contribution in [0, 0.1) is 0 Å². The predicted molar refractivity (Wildman–Crippen MR) is 189 cm³/mol. The van der Waals surface area contributed by atoms with Crippen molar-refractivity contribution in [2.45, 2.75) is 175 Å². The second-order valence-electron chi connectivity index (χ2n) is 13.0. The topological polar surface area (TPSA) is 35.5 Å². The lowest BCUT2D eigenvalue weighted by atomic mass is 10.0. The first-order chi connectivity index (χ1) is 21.6. The molecule has 3 heteroatoms. The number of benzene rings is 2. The molecule has 1 atom stereocenters. The second kappa shape index (κ2) is 26.1. The molecule has 2 rings (SSSR count). The first-order valence-electron chi connectivity index (χ1n) is 18.7. The van der Waals surface area contributed by atoms with Crippen LogP contribution < -0.4 is 4.74 Å². The molecule has 0 fully saturated rings. The molecule has 1 unspecified atom stereocenters. The van der Waals surface area contributed by atoms with Gasteiger partial charge in [0.25, 0.3) is 0 Å². The molecule has 2 aromatic rings. The molecule has 0 radical (unpaired) electrons. The lowest BCUT2D eigenvalue weighted by Gasteiger charge is -2.14. The van der Waals surface area contributed by atoms with E-state index in [0.29, 0.717) is 11.3 Å². The Morgan fingerprint density at radius 1 is 0.545 bits per heavy atom. The van der Waals surface area contributed by atoms with Crippen LogP contribution in [0.15, 0.2) is 48.5 Å². The minimum absolute atomic E-state index is 0.0373. The first-order valence-corrected chi connectivity index (χ1v) is 18.7. The standard InChI is InChI=1S/C41H66O3/c1-4-6-8-10-12-13-14-15-16-17-18-19-20-21-23-25-35-43-36(3)38-31-33-40(34-32-38)44-41(42)39-29-27-37(28-30-39)26-24-22-11-9-7-5-2/h27-34,36H,4-26,35H2,1-3H3. The summed E-state index contributed by atoms with van der Waals surface area (Å²) in [7, 11) is 0. The van der Waals surface area contributed by atoms with Gasteiger partial charge in [0.15, 0.2) is 0 Å². The van der Waals surface area contributed by atoms with E-state index in [0.717, 1.165) is 25.0 Å². The minimum Gasteiger partial charge on any atom is -0.423 e. The maximum absolute atomic E-state index is 12.6. The SMILES string of the molecule is CCCCCCCCCCCCCCCCCCOC(C)c1ccc(OC(=O)c2ccc(CCCCCCCC)cc2)cc1. The number of rotatable bonds is 28. The molecule has 2 aromatic carbocycles. The summed E-state index contributed by atoms with van der Waals surface area (Å²) < 4.78 is 11.7. The fourth-order valence-electron chi connectivity index (χ4n) is 5.90. The highest BCUT2D eigenvalue weighted by atomic mass is 16.5. The van der Waals surface area contributed by atoms with Crippen LogP contribution in [0.3, 0.4) is 0 Å². The van der Waals surface area contributed by atoms with Gasteiger partial charge in [-0.15, -0.1) is 0 Å². The van der Waals surface area contributed by atoms with E-state index in [9.17, 15) is 4.79 Å². The highest BCUT2D eigenvalue weighted by molar-refractivity contribution is 5.91. The second-order valence-corrected chi connectivity index (χ2v) is 13.0. The van der Waals surface area contributed by atoms with Gasteiger partial charge >= 0.3 is 5.97 Å². The van der Waals surface area contributed by atoms with E-state index >= 15 is 0 Å². The number of aryl methyl sites for hydroxylation is 1. The van der Waals surface area contributed by atoms with Crippen molar-refractivity contribution in [3.63, 3.8) is 0 Å². The first kappa shape index (κ1) is 38.1. The lowest BCUT2D eigenvalue weighted by Crippen LogP contribution is -2.08. The Hall–Kier alpha value is -2.13. The molecule has 0 saturated heterocycles. The molecule has 3 nitrogen and oxygen atoms in total. The van der Waals surface area contributed by atoms with Crippen molar-refractivity contribution in [1.29, 1.82) is 0 Å². The molecule has 0 amide bonds. The van der Waals surface area contributed by atoms with Gasteiger partial charge in [0.05, 0.1) is 11.7 Å². The van der Waals surface area contributed by atoms with Gasteiger partial charge in [-0.2, -0.15) is 0 Å². The van der Waals surface area contributed by atoms with E-state index in [-0.39, 0.29) is 12.1 Å². The third kappa shape index (κ3) is 18.6. The Bertz CT molecular complexity index is 933. The summed E-state index contributed by atoms with van der Waals surface area (Å²) in [6.07, 6.45) is 31.0. The normalized spacial score (nSPS) is 12.0. The van der Waals surface area contributed by atoms with Crippen molar-refractivity contribution in [3.8, 4) is 5.75 Å². The van der Waals surface area contributed by atoms with Crippen LogP contribution in [0.5, 0.6) is 5.75 Å². The summed E-state index contributed by atoms with van der Waals surface area (Å²) in [4.78, 5) is 12.6. The average Bonchev–Trinajstić information content (AvgIpc) is 3.04. The zero-order valence-electron chi connectivity index (χ0n) is 28.9. The van der Waals surface area contributed by atoms with Crippen LogP contribution in [-0.2, 0) is 11.2 Å². The Morgan fingerprint density at radius 3 is 1.45 bits per heavy atom. The Labute approximate surface area is 271 Å². The monoisotopic (exact) mass is 607 g/mol. The molecule has 0 heterocycles. The fourth-order valence-corrected chi connectivity index (χ4v) is 5.90. The predicted octanol–water partition coefficient (Wildman–Crippen LogP) is 13.1. The van der Waals surface area contributed by atoms with E-state index in [1.807, 2.05) is 36.4 Å². The van der Waals surface area contributed by atoms with Gasteiger partial charge < -0.3 is 9.47 Å². The van der Waals surface area contributed by atoms with Crippen molar-refractivity contribution in [1.82, 2.24) is 0 Å². The molecule has 0 spiro atoms. The van der Waals surface area contributed by atoms with E-state index in [4.69, 9.17) is 9.47 Å². The molecular weight excluding hydrogens is 540 g/mol. The van der Waals surface area contributed by atoms with Crippen LogP contribution in [0.2, 0.25) is 0 Å². The summed E-state index contributed by atoms with van der Waals surface area (Å²) in [5.74, 6) is 0.261. The summed E-state index contributed by atoms with van der Waals surface area (Å²) in [5.41, 5.74) is 2.99. The van der Waals surface area contributed by atoms with E-state index in [2.05, 4.69) is 32.9 Å². The Kier molecular flexibility index (Phi) is 22.6. The van der Waals surface area contributed by atoms with E-state index in [1.165, 1.54) is 140 Å². The van der Waals surface area contributed by atoms with E-state index in [1.54, 1.807) is 0 Å².